The third-order valence-electron chi connectivity index (χ3n) is 3.58. The van der Waals surface area contributed by atoms with Crippen LogP contribution in [-0.4, -0.2) is 4.98 Å². The number of hydrogen-bond donors (Lipinski definition) is 1. The van der Waals surface area contributed by atoms with Crippen molar-refractivity contribution in [3.05, 3.63) is 40.4 Å². The van der Waals surface area contributed by atoms with E-state index in [2.05, 4.69) is 28.6 Å². The summed E-state index contributed by atoms with van der Waals surface area (Å²) in [4.78, 5) is 4.62. The highest BCUT2D eigenvalue weighted by molar-refractivity contribution is 7.13. The van der Waals surface area contributed by atoms with E-state index < -0.39 is 0 Å². The summed E-state index contributed by atoms with van der Waals surface area (Å²) in [6, 6.07) is 6.82. The summed E-state index contributed by atoms with van der Waals surface area (Å²) in [6.45, 7) is 1.98. The SMILES string of the molecule is CC(N)c1csc(-c2ccc3c(c2)CCCC3)n1. The fraction of sp³-hybridized carbons (Fsp3) is 0.400. The smallest absolute Gasteiger partial charge is 0.123 e. The Morgan fingerprint density at radius 3 is 2.72 bits per heavy atom. The van der Waals surface area contributed by atoms with E-state index in [1.165, 1.54) is 42.4 Å². The maximum absolute atomic E-state index is 5.86. The molecule has 1 aromatic heterocycles. The molecule has 18 heavy (non-hydrogen) atoms. The van der Waals surface area contributed by atoms with Gasteiger partial charge in [0.1, 0.15) is 5.01 Å². The Morgan fingerprint density at radius 1 is 1.22 bits per heavy atom. The van der Waals surface area contributed by atoms with Gasteiger partial charge >= 0.3 is 0 Å². The molecule has 1 atom stereocenters. The van der Waals surface area contributed by atoms with Crippen molar-refractivity contribution in [1.29, 1.82) is 0 Å². The van der Waals surface area contributed by atoms with E-state index in [4.69, 9.17) is 5.73 Å². The lowest BCUT2D eigenvalue weighted by Crippen LogP contribution is -2.05. The van der Waals surface area contributed by atoms with Crippen LogP contribution < -0.4 is 5.73 Å². The Bertz CT molecular complexity index is 557. The number of thiazole rings is 1. The van der Waals surface area contributed by atoms with Gasteiger partial charge in [0, 0.05) is 17.0 Å². The Morgan fingerprint density at radius 2 is 2.00 bits per heavy atom. The predicted molar refractivity (Wildman–Crippen MR) is 76.8 cm³/mol. The first-order valence-electron chi connectivity index (χ1n) is 6.57. The van der Waals surface area contributed by atoms with Crippen LogP contribution in [0.5, 0.6) is 0 Å². The van der Waals surface area contributed by atoms with Crippen LogP contribution in [0.3, 0.4) is 0 Å². The third-order valence-corrected chi connectivity index (χ3v) is 4.49. The Labute approximate surface area is 112 Å². The van der Waals surface area contributed by atoms with Crippen LogP contribution in [0.2, 0.25) is 0 Å². The van der Waals surface area contributed by atoms with Crippen LogP contribution in [0.1, 0.15) is 42.6 Å². The summed E-state index contributed by atoms with van der Waals surface area (Å²) < 4.78 is 0. The van der Waals surface area contributed by atoms with E-state index in [0.29, 0.717) is 0 Å². The summed E-state index contributed by atoms with van der Waals surface area (Å²) >= 11 is 1.69. The fourth-order valence-electron chi connectivity index (χ4n) is 2.49. The standard InChI is InChI=1S/C15H18N2S/c1-10(16)14-9-18-15(17-14)13-7-6-11-4-2-3-5-12(11)8-13/h6-10H,2-5,16H2,1H3. The molecule has 1 heterocycles. The molecule has 0 saturated heterocycles. The first-order valence-corrected chi connectivity index (χ1v) is 7.45. The highest BCUT2D eigenvalue weighted by Crippen LogP contribution is 2.30. The summed E-state index contributed by atoms with van der Waals surface area (Å²) in [5, 5.41) is 3.16. The third kappa shape index (κ3) is 2.20. The number of benzene rings is 1. The van der Waals surface area contributed by atoms with Crippen molar-refractivity contribution in [2.75, 3.05) is 0 Å². The largest absolute Gasteiger partial charge is 0.323 e. The van der Waals surface area contributed by atoms with E-state index in [9.17, 15) is 0 Å². The van der Waals surface area contributed by atoms with Crippen molar-refractivity contribution in [2.45, 2.75) is 38.6 Å². The zero-order chi connectivity index (χ0) is 12.5. The fourth-order valence-corrected chi connectivity index (χ4v) is 3.42. The summed E-state index contributed by atoms with van der Waals surface area (Å²) in [6.07, 6.45) is 5.10. The summed E-state index contributed by atoms with van der Waals surface area (Å²) in [5.74, 6) is 0. The maximum Gasteiger partial charge on any atom is 0.123 e. The van der Waals surface area contributed by atoms with Crippen molar-refractivity contribution in [3.63, 3.8) is 0 Å². The lowest BCUT2D eigenvalue weighted by atomic mass is 9.90. The van der Waals surface area contributed by atoms with E-state index >= 15 is 0 Å². The quantitative estimate of drug-likeness (QED) is 0.892. The molecule has 1 aliphatic carbocycles. The Hall–Kier alpha value is -1.19. The number of hydrogen-bond acceptors (Lipinski definition) is 3. The van der Waals surface area contributed by atoms with Crippen LogP contribution in [0, 0.1) is 0 Å². The van der Waals surface area contributed by atoms with Crippen molar-refractivity contribution in [2.24, 2.45) is 5.73 Å². The molecule has 0 fully saturated rings. The van der Waals surface area contributed by atoms with Gasteiger partial charge in [-0.1, -0.05) is 12.1 Å². The van der Waals surface area contributed by atoms with E-state index in [0.717, 1.165) is 10.7 Å². The Kier molecular flexibility index (Phi) is 3.18. The lowest BCUT2D eigenvalue weighted by molar-refractivity contribution is 0.686. The topological polar surface area (TPSA) is 38.9 Å². The number of nitrogens with two attached hydrogens (primary N) is 1. The Balaban J connectivity index is 1.95. The minimum Gasteiger partial charge on any atom is -0.323 e. The van der Waals surface area contributed by atoms with E-state index in [-0.39, 0.29) is 6.04 Å². The second kappa shape index (κ2) is 4.82. The molecular weight excluding hydrogens is 240 g/mol. The predicted octanol–water partition coefficient (Wildman–Crippen LogP) is 3.71. The molecule has 2 N–H and O–H groups in total. The molecule has 1 aromatic carbocycles. The van der Waals surface area contributed by atoms with Crippen molar-refractivity contribution >= 4 is 11.3 Å². The second-order valence-electron chi connectivity index (χ2n) is 5.06. The molecule has 0 bridgehead atoms. The molecule has 0 spiro atoms. The van der Waals surface area contributed by atoms with Crippen molar-refractivity contribution in [1.82, 2.24) is 4.98 Å². The molecule has 1 unspecified atom stereocenters. The van der Waals surface area contributed by atoms with E-state index in [1.807, 2.05) is 6.92 Å². The molecule has 0 radical (unpaired) electrons. The van der Waals surface area contributed by atoms with Gasteiger partial charge in [0.2, 0.25) is 0 Å². The molecule has 3 rings (SSSR count). The average Bonchev–Trinajstić information content (AvgIpc) is 2.88. The highest BCUT2D eigenvalue weighted by atomic mass is 32.1. The van der Waals surface area contributed by atoms with Crippen LogP contribution in [0.4, 0.5) is 0 Å². The van der Waals surface area contributed by atoms with Gasteiger partial charge in [0.05, 0.1) is 5.69 Å². The molecule has 2 aromatic rings. The highest BCUT2D eigenvalue weighted by Gasteiger charge is 2.12. The molecule has 0 amide bonds. The molecule has 2 nitrogen and oxygen atoms in total. The van der Waals surface area contributed by atoms with Gasteiger partial charge in [0.15, 0.2) is 0 Å². The molecule has 3 heteroatoms. The van der Waals surface area contributed by atoms with Gasteiger partial charge in [-0.25, -0.2) is 4.98 Å². The van der Waals surface area contributed by atoms with Crippen LogP contribution >= 0.6 is 11.3 Å². The van der Waals surface area contributed by atoms with Crippen molar-refractivity contribution in [3.8, 4) is 10.6 Å². The summed E-state index contributed by atoms with van der Waals surface area (Å²) in [5.41, 5.74) is 11.1. The average molecular weight is 258 g/mol. The first kappa shape index (κ1) is 11.9. The van der Waals surface area contributed by atoms with Gasteiger partial charge in [-0.2, -0.15) is 0 Å². The van der Waals surface area contributed by atoms with Gasteiger partial charge in [-0.3, -0.25) is 0 Å². The molecular formula is C15H18N2S. The number of aromatic nitrogens is 1. The number of fused-ring (bicyclic) bond motifs is 1. The normalized spacial score (nSPS) is 16.3. The zero-order valence-corrected chi connectivity index (χ0v) is 11.5. The monoisotopic (exact) mass is 258 g/mol. The molecule has 0 aliphatic heterocycles. The maximum atomic E-state index is 5.86. The second-order valence-corrected chi connectivity index (χ2v) is 5.91. The van der Waals surface area contributed by atoms with Gasteiger partial charge in [-0.15, -0.1) is 11.3 Å². The first-order chi connectivity index (χ1) is 8.74. The van der Waals surface area contributed by atoms with Gasteiger partial charge in [0.25, 0.3) is 0 Å². The van der Waals surface area contributed by atoms with E-state index in [1.54, 1.807) is 11.3 Å². The van der Waals surface area contributed by atoms with Crippen LogP contribution in [-0.2, 0) is 12.8 Å². The number of aryl methyl sites for hydroxylation is 2. The van der Waals surface area contributed by atoms with Gasteiger partial charge < -0.3 is 5.73 Å². The van der Waals surface area contributed by atoms with Crippen LogP contribution in [0.15, 0.2) is 23.6 Å². The number of nitrogens with zero attached hydrogens (tertiary/aromatic N) is 1. The minimum absolute atomic E-state index is 0.0210. The van der Waals surface area contributed by atoms with Crippen molar-refractivity contribution < 1.29 is 0 Å². The molecule has 1 aliphatic rings. The zero-order valence-electron chi connectivity index (χ0n) is 10.6. The van der Waals surface area contributed by atoms with Crippen LogP contribution in [0.25, 0.3) is 10.6 Å². The molecule has 0 saturated carbocycles. The molecule has 94 valence electrons. The minimum atomic E-state index is 0.0210. The number of rotatable bonds is 2. The lowest BCUT2D eigenvalue weighted by Gasteiger charge is -2.15. The summed E-state index contributed by atoms with van der Waals surface area (Å²) in [7, 11) is 0. The van der Waals surface area contributed by atoms with Gasteiger partial charge in [-0.05, 0) is 49.8 Å².